The van der Waals surface area contributed by atoms with E-state index in [2.05, 4.69) is 50.1 Å². The van der Waals surface area contributed by atoms with Gasteiger partial charge in [0.25, 0.3) is 0 Å². The minimum atomic E-state index is 0.183. The summed E-state index contributed by atoms with van der Waals surface area (Å²) in [7, 11) is 1.73. The normalized spacial score (nSPS) is 15.4. The molecule has 1 aromatic carbocycles. The number of hydrogen-bond donors (Lipinski definition) is 0. The maximum absolute atomic E-state index is 6.41. The Labute approximate surface area is 168 Å². The van der Waals surface area contributed by atoms with Crippen LogP contribution in [0.2, 0.25) is 0 Å². The molecule has 0 bridgehead atoms. The van der Waals surface area contributed by atoms with Gasteiger partial charge in [0.15, 0.2) is 11.4 Å². The van der Waals surface area contributed by atoms with E-state index in [1.807, 2.05) is 6.07 Å². The average Bonchev–Trinajstić information content (AvgIpc) is 3.40. The Morgan fingerprint density at radius 3 is 2.93 bits per heavy atom. The Kier molecular flexibility index (Phi) is 4.81. The monoisotopic (exact) mass is 392 g/mol. The Morgan fingerprint density at radius 2 is 2.07 bits per heavy atom. The molecule has 7 nitrogen and oxygen atoms in total. The third-order valence-corrected chi connectivity index (χ3v) is 5.59. The Hall–Kier alpha value is -3.06. The van der Waals surface area contributed by atoms with Crippen molar-refractivity contribution in [2.75, 3.05) is 31.7 Å². The number of hydrogen-bond acceptors (Lipinski definition) is 6. The van der Waals surface area contributed by atoms with Gasteiger partial charge in [0, 0.05) is 56.6 Å². The van der Waals surface area contributed by atoms with Crippen LogP contribution in [0.5, 0.6) is 5.75 Å². The van der Waals surface area contributed by atoms with Crippen molar-refractivity contribution in [2.45, 2.75) is 25.5 Å². The molecular formula is C22H24N4O3. The number of furan rings is 1. The summed E-state index contributed by atoms with van der Waals surface area (Å²) in [6, 6.07) is 10.3. The zero-order chi connectivity index (χ0) is 19.6. The Balaban J connectivity index is 1.28. The molecule has 150 valence electrons. The van der Waals surface area contributed by atoms with Crippen LogP contribution in [0.1, 0.15) is 12.8 Å². The molecule has 0 aliphatic carbocycles. The van der Waals surface area contributed by atoms with Crippen molar-refractivity contribution in [2.24, 2.45) is 0 Å². The maximum Gasteiger partial charge on any atom is 0.195 e. The van der Waals surface area contributed by atoms with Crippen LogP contribution in [-0.4, -0.2) is 47.7 Å². The number of benzene rings is 1. The summed E-state index contributed by atoms with van der Waals surface area (Å²) in [5.41, 5.74) is 1.98. The molecule has 5 rings (SSSR count). The first kappa shape index (κ1) is 18.0. The topological polar surface area (TPSA) is 65.6 Å². The van der Waals surface area contributed by atoms with Crippen LogP contribution in [0.3, 0.4) is 0 Å². The molecular weight excluding hydrogens is 368 g/mol. The number of rotatable bonds is 6. The lowest BCUT2D eigenvalue weighted by Gasteiger charge is -2.32. The summed E-state index contributed by atoms with van der Waals surface area (Å²) < 4.78 is 19.4. The predicted molar refractivity (Wildman–Crippen MR) is 111 cm³/mol. The molecule has 0 radical (unpaired) electrons. The highest BCUT2D eigenvalue weighted by atomic mass is 16.5. The van der Waals surface area contributed by atoms with E-state index in [0.29, 0.717) is 6.61 Å². The molecule has 4 heterocycles. The SMILES string of the molecule is COCCn1ccc2c(OC3CCN(c4nncc5ccoc45)CC3)cccc21. The van der Waals surface area contributed by atoms with Crippen molar-refractivity contribution >= 4 is 27.7 Å². The van der Waals surface area contributed by atoms with Crippen molar-refractivity contribution < 1.29 is 13.9 Å². The third-order valence-electron chi connectivity index (χ3n) is 5.59. The van der Waals surface area contributed by atoms with Crippen molar-refractivity contribution in [3.05, 3.63) is 49.0 Å². The number of anilines is 1. The number of piperidine rings is 1. The molecule has 0 atom stereocenters. The Morgan fingerprint density at radius 1 is 1.17 bits per heavy atom. The van der Waals surface area contributed by atoms with E-state index in [-0.39, 0.29) is 6.10 Å². The highest BCUT2D eigenvalue weighted by Gasteiger charge is 2.24. The van der Waals surface area contributed by atoms with E-state index in [0.717, 1.165) is 60.4 Å². The van der Waals surface area contributed by atoms with Crippen LogP contribution in [0, 0.1) is 0 Å². The second-order valence-corrected chi connectivity index (χ2v) is 7.37. The molecule has 1 fully saturated rings. The van der Waals surface area contributed by atoms with Gasteiger partial charge in [0.1, 0.15) is 11.9 Å². The minimum absolute atomic E-state index is 0.183. The van der Waals surface area contributed by atoms with Gasteiger partial charge in [-0.3, -0.25) is 0 Å². The molecule has 1 saturated heterocycles. The van der Waals surface area contributed by atoms with E-state index >= 15 is 0 Å². The van der Waals surface area contributed by atoms with Gasteiger partial charge in [-0.1, -0.05) is 6.07 Å². The number of methoxy groups -OCH3 is 1. The fourth-order valence-electron chi connectivity index (χ4n) is 4.05. The molecule has 1 aliphatic heterocycles. The molecule has 29 heavy (non-hydrogen) atoms. The maximum atomic E-state index is 6.41. The quantitative estimate of drug-likeness (QED) is 0.496. The zero-order valence-electron chi connectivity index (χ0n) is 16.5. The lowest BCUT2D eigenvalue weighted by atomic mass is 10.1. The van der Waals surface area contributed by atoms with Gasteiger partial charge in [0.2, 0.25) is 0 Å². The molecule has 1 aliphatic rings. The first-order chi connectivity index (χ1) is 14.3. The molecule has 0 N–H and O–H groups in total. The highest BCUT2D eigenvalue weighted by molar-refractivity contribution is 5.87. The van der Waals surface area contributed by atoms with Gasteiger partial charge < -0.3 is 23.4 Å². The predicted octanol–water partition coefficient (Wildman–Crippen LogP) is 3.87. The first-order valence-corrected chi connectivity index (χ1v) is 10.0. The summed E-state index contributed by atoms with van der Waals surface area (Å²) in [6.07, 6.45) is 7.56. The second kappa shape index (κ2) is 7.75. The summed E-state index contributed by atoms with van der Waals surface area (Å²) >= 11 is 0. The van der Waals surface area contributed by atoms with Crippen molar-refractivity contribution in [1.82, 2.24) is 14.8 Å². The molecule has 0 amide bonds. The van der Waals surface area contributed by atoms with Gasteiger partial charge >= 0.3 is 0 Å². The summed E-state index contributed by atoms with van der Waals surface area (Å²) in [6.45, 7) is 3.26. The van der Waals surface area contributed by atoms with Crippen LogP contribution in [0.15, 0.2) is 53.4 Å². The lowest BCUT2D eigenvalue weighted by Crippen LogP contribution is -2.38. The largest absolute Gasteiger partial charge is 0.490 e. The number of aromatic nitrogens is 3. The minimum Gasteiger partial charge on any atom is -0.490 e. The summed E-state index contributed by atoms with van der Waals surface area (Å²) in [5.74, 6) is 1.77. The van der Waals surface area contributed by atoms with Crippen LogP contribution in [0.4, 0.5) is 5.82 Å². The zero-order valence-corrected chi connectivity index (χ0v) is 16.5. The van der Waals surface area contributed by atoms with Crippen LogP contribution in [0.25, 0.3) is 21.9 Å². The second-order valence-electron chi connectivity index (χ2n) is 7.37. The first-order valence-electron chi connectivity index (χ1n) is 10.0. The van der Waals surface area contributed by atoms with Crippen molar-refractivity contribution in [3.8, 4) is 5.75 Å². The lowest BCUT2D eigenvalue weighted by molar-refractivity contribution is 0.173. The van der Waals surface area contributed by atoms with Crippen molar-refractivity contribution in [3.63, 3.8) is 0 Å². The summed E-state index contributed by atoms with van der Waals surface area (Å²) in [5, 5.41) is 10.6. The third kappa shape index (κ3) is 3.42. The standard InChI is InChI=1S/C22H24N4O3/c1-27-14-12-25-11-7-18-19(25)3-2-4-20(18)29-17-5-9-26(10-6-17)22-21-16(8-13-28-21)15-23-24-22/h2-4,7-8,11,13,15,17H,5-6,9-10,12,14H2,1H3. The highest BCUT2D eigenvalue weighted by Crippen LogP contribution is 2.31. The molecule has 4 aromatic rings. The number of fused-ring (bicyclic) bond motifs is 2. The average molecular weight is 392 g/mol. The molecule has 0 unspecified atom stereocenters. The Bertz CT molecular complexity index is 1110. The molecule has 3 aromatic heterocycles. The van der Waals surface area contributed by atoms with Gasteiger partial charge in [-0.2, -0.15) is 5.10 Å². The smallest absolute Gasteiger partial charge is 0.195 e. The van der Waals surface area contributed by atoms with E-state index in [9.17, 15) is 0 Å². The number of nitrogens with zero attached hydrogens (tertiary/aromatic N) is 4. The molecule has 0 saturated carbocycles. The van der Waals surface area contributed by atoms with Crippen LogP contribution < -0.4 is 9.64 Å². The van der Waals surface area contributed by atoms with E-state index in [1.165, 1.54) is 5.52 Å². The molecule has 0 spiro atoms. The molecule has 7 heteroatoms. The van der Waals surface area contributed by atoms with Crippen molar-refractivity contribution in [1.29, 1.82) is 0 Å². The number of ether oxygens (including phenoxy) is 2. The fraction of sp³-hybridized carbons (Fsp3) is 0.364. The fourth-order valence-corrected chi connectivity index (χ4v) is 4.05. The van der Waals surface area contributed by atoms with Gasteiger partial charge in [-0.15, -0.1) is 5.10 Å². The van der Waals surface area contributed by atoms with Gasteiger partial charge in [-0.05, 0) is 24.3 Å². The van der Waals surface area contributed by atoms with Gasteiger partial charge in [0.05, 0.1) is 24.6 Å². The van der Waals surface area contributed by atoms with E-state index in [1.54, 1.807) is 19.6 Å². The van der Waals surface area contributed by atoms with E-state index in [4.69, 9.17) is 13.9 Å². The van der Waals surface area contributed by atoms with E-state index < -0.39 is 0 Å². The van der Waals surface area contributed by atoms with Crippen LogP contribution >= 0.6 is 0 Å². The summed E-state index contributed by atoms with van der Waals surface area (Å²) in [4.78, 5) is 2.24. The van der Waals surface area contributed by atoms with Crippen LogP contribution in [-0.2, 0) is 11.3 Å². The van der Waals surface area contributed by atoms with Gasteiger partial charge in [-0.25, -0.2) is 0 Å².